The van der Waals surface area contributed by atoms with Crippen LogP contribution in [0.3, 0.4) is 0 Å². The van der Waals surface area contributed by atoms with Gasteiger partial charge in [0.25, 0.3) is 0 Å². The summed E-state index contributed by atoms with van der Waals surface area (Å²) in [4.78, 5) is 12.9. The van der Waals surface area contributed by atoms with Crippen molar-refractivity contribution in [3.63, 3.8) is 0 Å². The number of rotatable bonds is 6. The lowest BCUT2D eigenvalue weighted by atomic mass is 9.76. The van der Waals surface area contributed by atoms with Gasteiger partial charge in [0.05, 0.1) is 30.9 Å². The fourth-order valence-corrected chi connectivity index (χ4v) is 4.29. The van der Waals surface area contributed by atoms with Crippen LogP contribution in [-0.2, 0) is 16.9 Å². The minimum absolute atomic E-state index is 0.0808. The highest BCUT2D eigenvalue weighted by Crippen LogP contribution is 2.37. The van der Waals surface area contributed by atoms with Crippen LogP contribution in [0, 0.1) is 0 Å². The largest absolute Gasteiger partial charge is 0.497 e. The van der Waals surface area contributed by atoms with Gasteiger partial charge in [-0.15, -0.1) is 0 Å². The highest BCUT2D eigenvalue weighted by atomic mass is 16.5. The minimum atomic E-state index is -0.270. The summed E-state index contributed by atoms with van der Waals surface area (Å²) in [6, 6.07) is 16.2. The van der Waals surface area contributed by atoms with Gasteiger partial charge in [-0.2, -0.15) is 5.10 Å². The molecule has 0 saturated heterocycles. The molecule has 1 aromatic heterocycles. The molecule has 3 aromatic rings. The normalized spacial score (nSPS) is 16.0. The number of nitrogens with zero attached hydrogens (tertiary/aromatic N) is 2. The molecule has 28 heavy (non-hydrogen) atoms. The highest BCUT2D eigenvalue weighted by molar-refractivity contribution is 5.79. The lowest BCUT2D eigenvalue weighted by Crippen LogP contribution is -2.47. The van der Waals surface area contributed by atoms with Crippen LogP contribution in [0.25, 0.3) is 10.9 Å². The Morgan fingerprint density at radius 1 is 1.11 bits per heavy atom. The quantitative estimate of drug-likeness (QED) is 0.692. The third-order valence-electron chi connectivity index (χ3n) is 5.83. The Hall–Kier alpha value is -2.82. The molecule has 1 heterocycles. The summed E-state index contributed by atoms with van der Waals surface area (Å²) in [5, 5.41) is 8.91. The smallest absolute Gasteiger partial charge is 0.222 e. The molecule has 0 bridgehead atoms. The predicted octanol–water partition coefficient (Wildman–Crippen LogP) is 4.41. The molecule has 0 radical (unpaired) electrons. The number of para-hydroxylation sites is 1. The zero-order valence-electron chi connectivity index (χ0n) is 16.4. The predicted molar refractivity (Wildman–Crippen MR) is 110 cm³/mol. The van der Waals surface area contributed by atoms with Crippen LogP contribution >= 0.6 is 0 Å². The summed E-state index contributed by atoms with van der Waals surface area (Å²) in [6.07, 6.45) is 7.74. The van der Waals surface area contributed by atoms with Crippen molar-refractivity contribution in [2.75, 3.05) is 7.11 Å². The van der Waals surface area contributed by atoms with Gasteiger partial charge in [0, 0.05) is 11.8 Å². The van der Waals surface area contributed by atoms with Gasteiger partial charge in [-0.3, -0.25) is 9.48 Å². The van der Waals surface area contributed by atoms with E-state index in [1.165, 1.54) is 12.0 Å². The van der Waals surface area contributed by atoms with Crippen molar-refractivity contribution < 1.29 is 9.53 Å². The van der Waals surface area contributed by atoms with E-state index in [-0.39, 0.29) is 11.4 Å². The van der Waals surface area contributed by atoms with Gasteiger partial charge in [-0.1, -0.05) is 49.6 Å². The van der Waals surface area contributed by atoms with Crippen molar-refractivity contribution in [1.82, 2.24) is 15.1 Å². The molecular formula is C23H27N3O2. The third kappa shape index (κ3) is 3.75. The van der Waals surface area contributed by atoms with Crippen molar-refractivity contribution in [2.24, 2.45) is 0 Å². The van der Waals surface area contributed by atoms with E-state index in [1.807, 2.05) is 47.3 Å². The Morgan fingerprint density at radius 3 is 2.61 bits per heavy atom. The molecule has 0 atom stereocenters. The van der Waals surface area contributed by atoms with E-state index >= 15 is 0 Å². The molecule has 5 heteroatoms. The molecule has 1 amide bonds. The van der Waals surface area contributed by atoms with Crippen molar-refractivity contribution in [1.29, 1.82) is 0 Å². The first-order valence-electron chi connectivity index (χ1n) is 10.1. The Balaban J connectivity index is 1.47. The number of benzene rings is 2. The van der Waals surface area contributed by atoms with Crippen molar-refractivity contribution in [2.45, 2.75) is 50.6 Å². The molecule has 0 unspecified atom stereocenters. The number of carbonyl (C=O) groups is 1. The molecule has 146 valence electrons. The maximum Gasteiger partial charge on any atom is 0.222 e. The first-order valence-corrected chi connectivity index (χ1v) is 10.1. The molecule has 0 aliphatic heterocycles. The maximum absolute atomic E-state index is 12.9. The van der Waals surface area contributed by atoms with Gasteiger partial charge < -0.3 is 10.1 Å². The average molecular weight is 377 g/mol. The third-order valence-corrected chi connectivity index (χ3v) is 5.83. The summed E-state index contributed by atoms with van der Waals surface area (Å²) < 4.78 is 7.20. The Morgan fingerprint density at radius 2 is 1.86 bits per heavy atom. The number of aromatic nitrogens is 2. The van der Waals surface area contributed by atoms with Gasteiger partial charge in [-0.25, -0.2) is 0 Å². The number of aryl methyl sites for hydroxylation is 1. The molecule has 1 N–H and O–H groups in total. The second-order valence-electron chi connectivity index (χ2n) is 7.60. The van der Waals surface area contributed by atoms with Gasteiger partial charge in [0.2, 0.25) is 5.91 Å². The SMILES string of the molecule is COc1ccc(C2(NC(=O)CCn3ncc4ccccc43)CCCCC2)cc1. The van der Waals surface area contributed by atoms with E-state index in [4.69, 9.17) is 4.74 Å². The van der Waals surface area contributed by atoms with E-state index in [0.29, 0.717) is 13.0 Å². The monoisotopic (exact) mass is 377 g/mol. The van der Waals surface area contributed by atoms with Crippen LogP contribution in [0.4, 0.5) is 0 Å². The fraction of sp³-hybridized carbons (Fsp3) is 0.391. The van der Waals surface area contributed by atoms with E-state index in [2.05, 4.69) is 22.5 Å². The number of amides is 1. The van der Waals surface area contributed by atoms with E-state index in [9.17, 15) is 4.79 Å². The van der Waals surface area contributed by atoms with Crippen molar-refractivity contribution >= 4 is 16.8 Å². The Kier molecular flexibility index (Phi) is 5.33. The summed E-state index contributed by atoms with van der Waals surface area (Å²) in [7, 11) is 1.67. The molecule has 4 rings (SSSR count). The molecule has 1 saturated carbocycles. The van der Waals surface area contributed by atoms with E-state index < -0.39 is 0 Å². The second kappa shape index (κ2) is 8.05. The molecule has 1 aliphatic carbocycles. The van der Waals surface area contributed by atoms with Crippen LogP contribution in [0.2, 0.25) is 0 Å². The number of hydrogen-bond acceptors (Lipinski definition) is 3. The van der Waals surface area contributed by atoms with Crippen LogP contribution in [0.1, 0.15) is 44.1 Å². The fourth-order valence-electron chi connectivity index (χ4n) is 4.29. The van der Waals surface area contributed by atoms with Gasteiger partial charge in [0.1, 0.15) is 5.75 Å². The summed E-state index contributed by atoms with van der Waals surface area (Å²) >= 11 is 0. The molecule has 2 aromatic carbocycles. The van der Waals surface area contributed by atoms with Crippen molar-refractivity contribution in [3.8, 4) is 5.75 Å². The topological polar surface area (TPSA) is 56.1 Å². The van der Waals surface area contributed by atoms with Gasteiger partial charge in [-0.05, 0) is 36.6 Å². The number of ether oxygens (including phenoxy) is 1. The molecular weight excluding hydrogens is 350 g/mol. The zero-order valence-corrected chi connectivity index (χ0v) is 16.4. The van der Waals surface area contributed by atoms with Gasteiger partial charge in [0.15, 0.2) is 0 Å². The second-order valence-corrected chi connectivity index (χ2v) is 7.60. The first-order chi connectivity index (χ1) is 13.7. The maximum atomic E-state index is 12.9. The highest BCUT2D eigenvalue weighted by Gasteiger charge is 2.35. The number of carbonyl (C=O) groups excluding carboxylic acids is 1. The van der Waals surface area contributed by atoms with Crippen LogP contribution < -0.4 is 10.1 Å². The summed E-state index contributed by atoms with van der Waals surface area (Å²) in [5.41, 5.74) is 1.97. The number of nitrogens with one attached hydrogen (secondary N) is 1. The van der Waals surface area contributed by atoms with Crippen LogP contribution in [-0.4, -0.2) is 22.8 Å². The zero-order chi connectivity index (χ0) is 19.4. The standard InChI is InChI=1S/C23H27N3O2/c1-28-20-11-9-19(10-12-20)23(14-5-2-6-15-23)25-22(27)13-16-26-21-8-4-3-7-18(21)17-24-26/h3-4,7-12,17H,2,5-6,13-16H2,1H3,(H,25,27). The Labute approximate surface area is 165 Å². The lowest BCUT2D eigenvalue weighted by Gasteiger charge is -2.39. The van der Waals surface area contributed by atoms with Crippen LogP contribution in [0.15, 0.2) is 54.7 Å². The number of hydrogen-bond donors (Lipinski definition) is 1. The summed E-state index contributed by atoms with van der Waals surface area (Å²) in [5.74, 6) is 0.920. The van der Waals surface area contributed by atoms with E-state index in [1.54, 1.807) is 7.11 Å². The summed E-state index contributed by atoms with van der Waals surface area (Å²) in [6.45, 7) is 0.581. The average Bonchev–Trinajstić information content (AvgIpc) is 3.16. The van der Waals surface area contributed by atoms with E-state index in [0.717, 1.165) is 42.3 Å². The minimum Gasteiger partial charge on any atom is -0.497 e. The van der Waals surface area contributed by atoms with Gasteiger partial charge >= 0.3 is 0 Å². The Bertz CT molecular complexity index is 940. The number of fused-ring (bicyclic) bond motifs is 1. The van der Waals surface area contributed by atoms with Crippen molar-refractivity contribution in [3.05, 3.63) is 60.3 Å². The molecule has 1 aliphatic rings. The molecule has 5 nitrogen and oxygen atoms in total. The lowest BCUT2D eigenvalue weighted by molar-refractivity contribution is -0.123. The number of methoxy groups -OCH3 is 1. The molecule has 0 spiro atoms. The first kappa shape index (κ1) is 18.5. The molecule has 1 fully saturated rings. The van der Waals surface area contributed by atoms with Crippen LogP contribution in [0.5, 0.6) is 5.75 Å².